The smallest absolute Gasteiger partial charge is 0.321 e. The molecular weight excluding hydrogens is 436 g/mol. The normalized spacial score (nSPS) is 17.1. The molecule has 1 aromatic heterocycles. The van der Waals surface area contributed by atoms with E-state index in [-0.39, 0.29) is 11.4 Å². The number of hydrogen-bond donors (Lipinski definition) is 1. The fourth-order valence-electron chi connectivity index (χ4n) is 4.91. The molecule has 7 nitrogen and oxygen atoms in total. The van der Waals surface area contributed by atoms with Crippen molar-refractivity contribution in [2.45, 2.75) is 18.3 Å². The second-order valence-corrected chi connectivity index (χ2v) is 10.7. The van der Waals surface area contributed by atoms with Crippen LogP contribution in [0.25, 0.3) is 11.3 Å². The highest BCUT2D eigenvalue weighted by Gasteiger charge is 2.47. The average molecular weight is 463 g/mol. The van der Waals surface area contributed by atoms with E-state index in [1.54, 1.807) is 6.20 Å². The van der Waals surface area contributed by atoms with Crippen molar-refractivity contribution >= 4 is 27.4 Å². The van der Waals surface area contributed by atoms with Gasteiger partial charge in [-0.05, 0) is 48.7 Å². The van der Waals surface area contributed by atoms with E-state index in [0.29, 0.717) is 19.6 Å². The number of urea groups is 1. The van der Waals surface area contributed by atoms with E-state index in [4.69, 9.17) is 0 Å². The summed E-state index contributed by atoms with van der Waals surface area (Å²) < 4.78 is 26.2. The Bertz CT molecular complexity index is 1270. The Hall–Kier alpha value is -3.39. The van der Waals surface area contributed by atoms with Gasteiger partial charge in [0.1, 0.15) is 0 Å². The first-order chi connectivity index (χ1) is 15.9. The molecule has 0 radical (unpaired) electrons. The van der Waals surface area contributed by atoms with Crippen LogP contribution in [0.1, 0.15) is 18.4 Å². The van der Waals surface area contributed by atoms with Gasteiger partial charge < -0.3 is 10.2 Å². The van der Waals surface area contributed by atoms with Crippen molar-refractivity contribution in [1.82, 2.24) is 9.88 Å². The number of nitrogens with zero attached hydrogens (tertiary/aromatic N) is 3. The van der Waals surface area contributed by atoms with Crippen LogP contribution in [0.15, 0.2) is 72.9 Å². The van der Waals surface area contributed by atoms with E-state index in [9.17, 15) is 13.2 Å². The third-order valence-electron chi connectivity index (χ3n) is 6.70. The summed E-state index contributed by atoms with van der Waals surface area (Å²) in [5.74, 6) is 0. The lowest BCUT2D eigenvalue weighted by atomic mass is 9.74. The number of likely N-dealkylation sites (tertiary alicyclic amines) is 1. The number of carbonyl (C=O) groups is 1. The molecule has 3 aromatic rings. The summed E-state index contributed by atoms with van der Waals surface area (Å²) in [5, 5.41) is 2.98. The number of nitrogens with one attached hydrogen (secondary N) is 1. The number of para-hydroxylation sites is 1. The quantitative estimate of drug-likeness (QED) is 0.636. The Balaban J connectivity index is 1.26. The van der Waals surface area contributed by atoms with Crippen molar-refractivity contribution in [3.05, 3.63) is 78.5 Å². The molecule has 0 bridgehead atoms. The Morgan fingerprint density at radius 1 is 0.970 bits per heavy atom. The van der Waals surface area contributed by atoms with Crippen LogP contribution in [0, 0.1) is 0 Å². The molecule has 5 rings (SSSR count). The number of fused-ring (bicyclic) bond motifs is 2. The van der Waals surface area contributed by atoms with Crippen LogP contribution in [0.3, 0.4) is 0 Å². The highest BCUT2D eigenvalue weighted by molar-refractivity contribution is 7.92. The second-order valence-electron chi connectivity index (χ2n) is 8.78. The topological polar surface area (TPSA) is 82.6 Å². The van der Waals surface area contributed by atoms with Gasteiger partial charge >= 0.3 is 6.03 Å². The fraction of sp³-hybridized carbons (Fsp3) is 0.280. The van der Waals surface area contributed by atoms with E-state index in [1.165, 1.54) is 10.6 Å². The predicted molar refractivity (Wildman–Crippen MR) is 130 cm³/mol. The maximum absolute atomic E-state index is 12.9. The maximum Gasteiger partial charge on any atom is 0.321 e. The first-order valence-electron chi connectivity index (χ1n) is 11.0. The molecule has 0 aliphatic carbocycles. The third kappa shape index (κ3) is 4.06. The number of sulfonamides is 1. The number of carbonyl (C=O) groups excluding carboxylic acids is 1. The zero-order valence-electron chi connectivity index (χ0n) is 18.4. The maximum atomic E-state index is 12.9. The molecule has 1 saturated heterocycles. The molecule has 8 heteroatoms. The first kappa shape index (κ1) is 21.5. The zero-order valence-corrected chi connectivity index (χ0v) is 19.3. The number of pyridine rings is 1. The van der Waals surface area contributed by atoms with Crippen molar-refractivity contribution in [2.24, 2.45) is 0 Å². The highest BCUT2D eigenvalue weighted by Crippen LogP contribution is 2.47. The lowest BCUT2D eigenvalue weighted by molar-refractivity contribution is 0.173. The summed E-state index contributed by atoms with van der Waals surface area (Å²) in [4.78, 5) is 19.0. The van der Waals surface area contributed by atoms with Gasteiger partial charge in [-0.2, -0.15) is 0 Å². The predicted octanol–water partition coefficient (Wildman–Crippen LogP) is 4.09. The van der Waals surface area contributed by atoms with Gasteiger partial charge in [0.15, 0.2) is 0 Å². The number of piperidine rings is 1. The SMILES string of the molecule is CS(=O)(=O)N1CC2(CCN(C(=O)Nc3ccc(-c4ccccn4)cc3)CC2)c2ccccc21. The first-order valence-corrected chi connectivity index (χ1v) is 12.9. The Morgan fingerprint density at radius 2 is 1.67 bits per heavy atom. The molecule has 33 heavy (non-hydrogen) atoms. The van der Waals surface area contributed by atoms with Gasteiger partial charge in [0, 0.05) is 42.5 Å². The number of rotatable bonds is 3. The van der Waals surface area contributed by atoms with Crippen LogP contribution in [0.4, 0.5) is 16.2 Å². The van der Waals surface area contributed by atoms with Crippen molar-refractivity contribution < 1.29 is 13.2 Å². The van der Waals surface area contributed by atoms with Gasteiger partial charge in [-0.1, -0.05) is 36.4 Å². The molecule has 0 unspecified atom stereocenters. The Morgan fingerprint density at radius 3 is 2.33 bits per heavy atom. The van der Waals surface area contributed by atoms with Crippen molar-refractivity contribution in [3.63, 3.8) is 0 Å². The van der Waals surface area contributed by atoms with E-state index in [0.717, 1.165) is 41.0 Å². The van der Waals surface area contributed by atoms with Crippen LogP contribution >= 0.6 is 0 Å². The van der Waals surface area contributed by atoms with Crippen molar-refractivity contribution in [1.29, 1.82) is 0 Å². The lowest BCUT2D eigenvalue weighted by Gasteiger charge is -2.39. The summed E-state index contributed by atoms with van der Waals surface area (Å²) in [6.07, 6.45) is 4.46. The van der Waals surface area contributed by atoms with E-state index < -0.39 is 10.0 Å². The van der Waals surface area contributed by atoms with Crippen molar-refractivity contribution in [3.8, 4) is 11.3 Å². The molecule has 2 aliphatic rings. The van der Waals surface area contributed by atoms with Crippen molar-refractivity contribution in [2.75, 3.05) is 35.5 Å². The zero-order chi connectivity index (χ0) is 23.1. The molecule has 1 N–H and O–H groups in total. The minimum Gasteiger partial charge on any atom is -0.324 e. The lowest BCUT2D eigenvalue weighted by Crippen LogP contribution is -2.48. The molecule has 170 valence electrons. The van der Waals surface area contributed by atoms with Crippen LogP contribution in [0.5, 0.6) is 0 Å². The fourth-order valence-corrected chi connectivity index (χ4v) is 5.90. The standard InChI is InChI=1S/C25H26N4O3S/c1-33(31,32)29-18-25(21-6-2-3-8-23(21)29)13-16-28(17-14-25)24(30)27-20-11-9-19(10-12-20)22-7-4-5-15-26-22/h2-12,15H,13-14,16-18H2,1H3,(H,27,30). The molecule has 1 fully saturated rings. The van der Waals surface area contributed by atoms with Crippen LogP contribution in [-0.2, 0) is 15.4 Å². The average Bonchev–Trinajstić information content (AvgIpc) is 3.15. The van der Waals surface area contributed by atoms with Crippen LogP contribution < -0.4 is 9.62 Å². The van der Waals surface area contributed by atoms with Gasteiger partial charge in [0.05, 0.1) is 17.6 Å². The number of aromatic nitrogens is 1. The third-order valence-corrected chi connectivity index (χ3v) is 7.82. The molecule has 2 aromatic carbocycles. The van der Waals surface area contributed by atoms with Gasteiger partial charge in [0.2, 0.25) is 10.0 Å². The molecule has 2 amide bonds. The minimum atomic E-state index is -3.35. The van der Waals surface area contributed by atoms with Gasteiger partial charge in [-0.25, -0.2) is 13.2 Å². The van der Waals surface area contributed by atoms with E-state index >= 15 is 0 Å². The highest BCUT2D eigenvalue weighted by atomic mass is 32.2. The number of anilines is 2. The summed E-state index contributed by atoms with van der Waals surface area (Å²) in [6.45, 7) is 1.59. The summed E-state index contributed by atoms with van der Waals surface area (Å²) in [5.41, 5.74) is 4.20. The number of benzene rings is 2. The summed E-state index contributed by atoms with van der Waals surface area (Å²) >= 11 is 0. The van der Waals surface area contributed by atoms with Crippen LogP contribution in [-0.4, -0.2) is 50.2 Å². The van der Waals surface area contributed by atoms with Gasteiger partial charge in [0.25, 0.3) is 0 Å². The van der Waals surface area contributed by atoms with Gasteiger partial charge in [-0.3, -0.25) is 9.29 Å². The van der Waals surface area contributed by atoms with E-state index in [2.05, 4.69) is 10.3 Å². The second kappa shape index (κ2) is 8.19. The minimum absolute atomic E-state index is 0.137. The molecule has 1 spiro atoms. The van der Waals surface area contributed by atoms with E-state index in [1.807, 2.05) is 71.6 Å². The monoisotopic (exact) mass is 462 g/mol. The number of amides is 2. The Kier molecular flexibility index (Phi) is 5.32. The summed E-state index contributed by atoms with van der Waals surface area (Å²) in [7, 11) is -3.35. The van der Waals surface area contributed by atoms with Gasteiger partial charge in [-0.15, -0.1) is 0 Å². The number of hydrogen-bond acceptors (Lipinski definition) is 4. The molecule has 0 saturated carbocycles. The molecule has 2 aliphatic heterocycles. The molecular formula is C25H26N4O3S. The molecule has 0 atom stereocenters. The Labute approximate surface area is 194 Å². The molecule has 3 heterocycles. The summed E-state index contributed by atoms with van der Waals surface area (Å²) in [6, 6.07) is 21.0. The van der Waals surface area contributed by atoms with Crippen LogP contribution in [0.2, 0.25) is 0 Å². The largest absolute Gasteiger partial charge is 0.324 e.